The summed E-state index contributed by atoms with van der Waals surface area (Å²) in [5.41, 5.74) is 1.19. The Bertz CT molecular complexity index is 1140. The number of thiophene rings is 1. The molecule has 1 aromatic heterocycles. The first-order valence-electron chi connectivity index (χ1n) is 10.5. The molecule has 0 atom stereocenters. The van der Waals surface area contributed by atoms with E-state index in [2.05, 4.69) is 0 Å². The van der Waals surface area contributed by atoms with Gasteiger partial charge in [-0.05, 0) is 53.8 Å². The highest BCUT2D eigenvalue weighted by Crippen LogP contribution is 2.31. The highest BCUT2D eigenvalue weighted by molar-refractivity contribution is 7.10. The fourth-order valence-corrected chi connectivity index (χ4v) is 5.10. The molecule has 0 aliphatic carbocycles. The van der Waals surface area contributed by atoms with Gasteiger partial charge in [-0.25, -0.2) is 0 Å². The summed E-state index contributed by atoms with van der Waals surface area (Å²) < 4.78 is 0. The molecule has 0 bridgehead atoms. The van der Waals surface area contributed by atoms with Crippen LogP contribution in [0.5, 0.6) is 0 Å². The molecule has 3 heterocycles. The third-order valence-electron chi connectivity index (χ3n) is 6.16. The quantitative estimate of drug-likeness (QED) is 0.454. The standard InChI is InChI=1S/C25H22N2O3S/c28-22(10-9-19-6-3-15-31-19)26-13-11-17(12-14-26)16-27-24(29)20-7-1-4-18-5-2-8-21(23(18)20)25(27)30/h1-10,15,17H,11-14,16H2/b10-9+. The number of hydrogen-bond acceptors (Lipinski definition) is 4. The lowest BCUT2D eigenvalue weighted by molar-refractivity contribution is -0.127. The van der Waals surface area contributed by atoms with Crippen LogP contribution in [0.1, 0.15) is 38.4 Å². The monoisotopic (exact) mass is 430 g/mol. The first kappa shape index (κ1) is 19.7. The van der Waals surface area contributed by atoms with Crippen molar-refractivity contribution in [1.82, 2.24) is 9.80 Å². The number of carbonyl (C=O) groups excluding carboxylic acids is 3. The Kier molecular flexibility index (Phi) is 5.16. The molecule has 2 aliphatic heterocycles. The van der Waals surface area contributed by atoms with Crippen LogP contribution in [-0.2, 0) is 4.79 Å². The SMILES string of the molecule is O=C(/C=C/c1cccs1)N1CCC(CN2C(=O)c3cccc4cccc(c34)C2=O)CC1. The van der Waals surface area contributed by atoms with Gasteiger partial charge in [0.1, 0.15) is 0 Å². The summed E-state index contributed by atoms with van der Waals surface area (Å²) in [6.07, 6.45) is 5.03. The summed E-state index contributed by atoms with van der Waals surface area (Å²) >= 11 is 1.60. The summed E-state index contributed by atoms with van der Waals surface area (Å²) in [6.45, 7) is 1.68. The summed E-state index contributed by atoms with van der Waals surface area (Å²) in [6, 6.07) is 15.1. The first-order chi connectivity index (χ1) is 15.1. The molecule has 31 heavy (non-hydrogen) atoms. The summed E-state index contributed by atoms with van der Waals surface area (Å²) in [5.74, 6) is -0.223. The maximum Gasteiger partial charge on any atom is 0.261 e. The Hall–Kier alpha value is -3.25. The molecular weight excluding hydrogens is 408 g/mol. The Morgan fingerprint density at radius 3 is 2.26 bits per heavy atom. The van der Waals surface area contributed by atoms with E-state index < -0.39 is 0 Å². The molecule has 1 saturated heterocycles. The van der Waals surface area contributed by atoms with E-state index in [1.807, 2.05) is 52.8 Å². The van der Waals surface area contributed by atoms with E-state index in [-0.39, 0.29) is 23.6 Å². The van der Waals surface area contributed by atoms with Gasteiger partial charge in [0.15, 0.2) is 0 Å². The molecule has 5 rings (SSSR count). The zero-order valence-corrected chi connectivity index (χ0v) is 17.8. The summed E-state index contributed by atoms with van der Waals surface area (Å²) in [5, 5.41) is 3.66. The molecule has 0 N–H and O–H groups in total. The Balaban J connectivity index is 1.25. The fourth-order valence-electron chi connectivity index (χ4n) is 4.49. The van der Waals surface area contributed by atoms with Crippen LogP contribution in [0, 0.1) is 5.92 Å². The Morgan fingerprint density at radius 1 is 0.968 bits per heavy atom. The molecular formula is C25H22N2O3S. The highest BCUT2D eigenvalue weighted by Gasteiger charge is 2.35. The van der Waals surface area contributed by atoms with E-state index in [4.69, 9.17) is 0 Å². The molecule has 3 aromatic rings. The molecule has 0 radical (unpaired) electrons. The van der Waals surface area contributed by atoms with Crippen molar-refractivity contribution in [1.29, 1.82) is 0 Å². The van der Waals surface area contributed by atoms with Crippen LogP contribution >= 0.6 is 11.3 Å². The largest absolute Gasteiger partial charge is 0.339 e. The first-order valence-corrected chi connectivity index (χ1v) is 11.4. The van der Waals surface area contributed by atoms with E-state index in [0.29, 0.717) is 30.8 Å². The van der Waals surface area contributed by atoms with Crippen molar-refractivity contribution < 1.29 is 14.4 Å². The van der Waals surface area contributed by atoms with Crippen LogP contribution in [0.2, 0.25) is 0 Å². The van der Waals surface area contributed by atoms with Crippen LogP contribution < -0.4 is 0 Å². The van der Waals surface area contributed by atoms with Crippen LogP contribution in [0.15, 0.2) is 60.0 Å². The van der Waals surface area contributed by atoms with Crippen molar-refractivity contribution in [3.8, 4) is 0 Å². The van der Waals surface area contributed by atoms with Gasteiger partial charge < -0.3 is 4.90 Å². The lowest BCUT2D eigenvalue weighted by Gasteiger charge is -2.35. The number of piperidine rings is 1. The summed E-state index contributed by atoms with van der Waals surface area (Å²) in [4.78, 5) is 42.9. The lowest BCUT2D eigenvalue weighted by Crippen LogP contribution is -2.46. The van der Waals surface area contributed by atoms with Gasteiger partial charge in [0.05, 0.1) is 0 Å². The number of imide groups is 1. The van der Waals surface area contributed by atoms with Crippen molar-refractivity contribution in [2.45, 2.75) is 12.8 Å². The minimum atomic E-state index is -0.216. The molecule has 0 saturated carbocycles. The molecule has 2 aromatic carbocycles. The van der Waals surface area contributed by atoms with Gasteiger partial charge in [0.2, 0.25) is 5.91 Å². The van der Waals surface area contributed by atoms with Crippen molar-refractivity contribution in [3.63, 3.8) is 0 Å². The molecule has 0 unspecified atom stereocenters. The second kappa shape index (κ2) is 8.12. The summed E-state index contributed by atoms with van der Waals surface area (Å²) in [7, 11) is 0. The molecule has 6 heteroatoms. The normalized spacial score (nSPS) is 17.2. The van der Waals surface area contributed by atoms with E-state index in [0.717, 1.165) is 28.5 Å². The van der Waals surface area contributed by atoms with E-state index in [9.17, 15) is 14.4 Å². The fraction of sp³-hybridized carbons (Fsp3) is 0.240. The van der Waals surface area contributed by atoms with Crippen molar-refractivity contribution >= 4 is 45.9 Å². The van der Waals surface area contributed by atoms with Gasteiger partial charge in [-0.3, -0.25) is 19.3 Å². The number of rotatable bonds is 4. The van der Waals surface area contributed by atoms with Gasteiger partial charge >= 0.3 is 0 Å². The number of benzene rings is 2. The number of hydrogen-bond donors (Lipinski definition) is 0. The average Bonchev–Trinajstić information content (AvgIpc) is 3.33. The van der Waals surface area contributed by atoms with Crippen molar-refractivity contribution in [2.75, 3.05) is 19.6 Å². The van der Waals surface area contributed by atoms with Crippen molar-refractivity contribution in [2.24, 2.45) is 5.92 Å². The van der Waals surface area contributed by atoms with Gasteiger partial charge in [0, 0.05) is 47.1 Å². The second-order valence-electron chi connectivity index (χ2n) is 8.05. The van der Waals surface area contributed by atoms with Crippen LogP contribution in [0.25, 0.3) is 16.8 Å². The third kappa shape index (κ3) is 3.68. The Morgan fingerprint density at radius 2 is 1.65 bits per heavy atom. The maximum atomic E-state index is 13.1. The zero-order valence-electron chi connectivity index (χ0n) is 17.0. The number of likely N-dealkylation sites (tertiary alicyclic amines) is 1. The molecule has 1 fully saturated rings. The number of nitrogens with zero attached hydrogens (tertiary/aromatic N) is 2. The lowest BCUT2D eigenvalue weighted by atomic mass is 9.91. The molecule has 5 nitrogen and oxygen atoms in total. The van der Waals surface area contributed by atoms with Gasteiger partial charge in [0.25, 0.3) is 11.8 Å². The minimum Gasteiger partial charge on any atom is -0.339 e. The minimum absolute atomic E-state index is 0.0116. The number of carbonyl (C=O) groups is 3. The van der Waals surface area contributed by atoms with E-state index >= 15 is 0 Å². The van der Waals surface area contributed by atoms with Gasteiger partial charge in [-0.2, -0.15) is 0 Å². The zero-order chi connectivity index (χ0) is 21.4. The van der Waals surface area contributed by atoms with Gasteiger partial charge in [-0.1, -0.05) is 30.3 Å². The predicted octanol–water partition coefficient (Wildman–Crippen LogP) is 4.45. The molecule has 3 amide bonds. The van der Waals surface area contributed by atoms with Crippen LogP contribution in [0.3, 0.4) is 0 Å². The molecule has 156 valence electrons. The van der Waals surface area contributed by atoms with Gasteiger partial charge in [-0.15, -0.1) is 11.3 Å². The predicted molar refractivity (Wildman–Crippen MR) is 122 cm³/mol. The van der Waals surface area contributed by atoms with Crippen molar-refractivity contribution in [3.05, 3.63) is 76.0 Å². The topological polar surface area (TPSA) is 57.7 Å². The Labute approximate surface area is 184 Å². The maximum absolute atomic E-state index is 13.1. The third-order valence-corrected chi connectivity index (χ3v) is 6.99. The average molecular weight is 431 g/mol. The molecule has 2 aliphatic rings. The molecule has 0 spiro atoms. The van der Waals surface area contributed by atoms with E-state index in [1.54, 1.807) is 29.5 Å². The van der Waals surface area contributed by atoms with Crippen LogP contribution in [0.4, 0.5) is 0 Å². The smallest absolute Gasteiger partial charge is 0.261 e. The van der Waals surface area contributed by atoms with E-state index in [1.165, 1.54) is 4.90 Å². The second-order valence-corrected chi connectivity index (χ2v) is 9.03. The number of amides is 3. The highest BCUT2D eigenvalue weighted by atomic mass is 32.1. The van der Waals surface area contributed by atoms with Crippen LogP contribution in [-0.4, -0.2) is 47.2 Å².